The summed E-state index contributed by atoms with van der Waals surface area (Å²) in [4.78, 5) is 0. The highest BCUT2D eigenvalue weighted by molar-refractivity contribution is 9.10. The minimum absolute atomic E-state index is 0.401. The van der Waals surface area contributed by atoms with Gasteiger partial charge in [0, 0.05) is 10.6 Å². The Balaban J connectivity index is 1.67. The molecule has 4 aromatic carbocycles. The normalized spacial score (nSPS) is 11.3. The zero-order valence-corrected chi connectivity index (χ0v) is 20.4. The van der Waals surface area contributed by atoms with Crippen LogP contribution in [-0.2, 0) is 6.61 Å². The molecule has 0 atom stereocenters. The Bertz CT molecular complexity index is 1370. The minimum Gasteiger partial charge on any atom is -0.490 e. The van der Waals surface area contributed by atoms with E-state index in [9.17, 15) is 5.26 Å². The number of halogens is 2. The Morgan fingerprint density at radius 3 is 2.55 bits per heavy atom. The Labute approximate surface area is 207 Å². The van der Waals surface area contributed by atoms with Gasteiger partial charge in [0.1, 0.15) is 6.61 Å². The molecule has 0 fully saturated rings. The average Bonchev–Trinajstić information content (AvgIpc) is 2.83. The molecule has 5 heteroatoms. The lowest BCUT2D eigenvalue weighted by Gasteiger charge is -2.16. The second kappa shape index (κ2) is 10.6. The van der Waals surface area contributed by atoms with E-state index < -0.39 is 0 Å². The number of rotatable bonds is 7. The van der Waals surface area contributed by atoms with E-state index in [0.29, 0.717) is 40.9 Å². The lowest BCUT2D eigenvalue weighted by molar-refractivity contribution is 0.268. The van der Waals surface area contributed by atoms with Crippen molar-refractivity contribution in [1.82, 2.24) is 0 Å². The van der Waals surface area contributed by atoms with Crippen molar-refractivity contribution in [3.05, 3.63) is 105 Å². The summed E-state index contributed by atoms with van der Waals surface area (Å²) >= 11 is 9.93. The topological polar surface area (TPSA) is 42.2 Å². The van der Waals surface area contributed by atoms with Gasteiger partial charge >= 0.3 is 0 Å². The van der Waals surface area contributed by atoms with Gasteiger partial charge in [-0.05, 0) is 69.0 Å². The van der Waals surface area contributed by atoms with Crippen molar-refractivity contribution in [3.63, 3.8) is 0 Å². The highest BCUT2D eigenvalue weighted by atomic mass is 79.9. The first-order valence-corrected chi connectivity index (χ1v) is 11.7. The molecule has 0 spiro atoms. The summed E-state index contributed by atoms with van der Waals surface area (Å²) in [5.41, 5.74) is 3.06. The Hall–Kier alpha value is -3.26. The summed E-state index contributed by atoms with van der Waals surface area (Å²) in [6.07, 6.45) is 1.79. The maximum Gasteiger partial charge on any atom is 0.175 e. The van der Waals surface area contributed by atoms with Crippen molar-refractivity contribution < 1.29 is 9.47 Å². The molecule has 4 aromatic rings. The van der Waals surface area contributed by atoms with Crippen LogP contribution >= 0.6 is 27.5 Å². The first-order chi connectivity index (χ1) is 16.1. The SMILES string of the molecule is CCOc1cc(C=C(C#N)c2ccccc2Cl)cc(Br)c1OCc1cccc2ccccc12. The lowest BCUT2D eigenvalue weighted by atomic mass is 10.0. The van der Waals surface area contributed by atoms with Gasteiger partial charge in [-0.25, -0.2) is 0 Å². The van der Waals surface area contributed by atoms with E-state index in [2.05, 4.69) is 46.3 Å². The number of ether oxygens (including phenoxy) is 2. The molecular weight excluding hydrogens is 498 g/mol. The lowest BCUT2D eigenvalue weighted by Crippen LogP contribution is -2.01. The molecule has 0 saturated heterocycles. The smallest absolute Gasteiger partial charge is 0.175 e. The molecule has 0 aliphatic carbocycles. The van der Waals surface area contributed by atoms with Gasteiger partial charge in [-0.15, -0.1) is 0 Å². The maximum atomic E-state index is 9.71. The van der Waals surface area contributed by atoms with Crippen molar-refractivity contribution >= 4 is 50.0 Å². The number of fused-ring (bicyclic) bond motifs is 1. The van der Waals surface area contributed by atoms with Gasteiger partial charge in [-0.1, -0.05) is 72.3 Å². The Kier molecular flexibility index (Phi) is 7.34. The van der Waals surface area contributed by atoms with E-state index in [4.69, 9.17) is 21.1 Å². The molecule has 0 N–H and O–H groups in total. The van der Waals surface area contributed by atoms with Crippen LogP contribution in [0.2, 0.25) is 5.02 Å². The molecule has 0 amide bonds. The third-order valence-electron chi connectivity index (χ3n) is 5.18. The van der Waals surface area contributed by atoms with E-state index in [1.54, 1.807) is 12.1 Å². The molecule has 0 aliphatic heterocycles. The van der Waals surface area contributed by atoms with Gasteiger partial charge in [0.25, 0.3) is 0 Å². The molecule has 0 aliphatic rings. The molecular formula is C28H21BrClNO2. The van der Waals surface area contributed by atoms with E-state index in [1.165, 1.54) is 5.39 Å². The first kappa shape index (κ1) is 22.9. The van der Waals surface area contributed by atoms with Crippen LogP contribution in [0.5, 0.6) is 11.5 Å². The summed E-state index contributed by atoms with van der Waals surface area (Å²) in [5, 5.41) is 12.6. The number of nitriles is 1. The van der Waals surface area contributed by atoms with Crippen LogP contribution < -0.4 is 9.47 Å². The number of allylic oxidation sites excluding steroid dienone is 1. The fraction of sp³-hybridized carbons (Fsp3) is 0.107. The maximum absolute atomic E-state index is 9.71. The van der Waals surface area contributed by atoms with Crippen molar-refractivity contribution in [3.8, 4) is 17.6 Å². The van der Waals surface area contributed by atoms with Gasteiger partial charge in [0.05, 0.1) is 22.7 Å². The summed E-state index contributed by atoms with van der Waals surface area (Å²) in [7, 11) is 0. The second-order valence-corrected chi connectivity index (χ2v) is 8.60. The largest absolute Gasteiger partial charge is 0.490 e. The molecule has 0 aromatic heterocycles. The van der Waals surface area contributed by atoms with E-state index in [-0.39, 0.29) is 0 Å². The summed E-state index contributed by atoms with van der Waals surface area (Å²) in [6, 6.07) is 27.8. The van der Waals surface area contributed by atoms with Gasteiger partial charge in [0.15, 0.2) is 11.5 Å². The monoisotopic (exact) mass is 517 g/mol. The van der Waals surface area contributed by atoms with Crippen molar-refractivity contribution in [2.45, 2.75) is 13.5 Å². The predicted octanol–water partition coefficient (Wildman–Crippen LogP) is 8.30. The second-order valence-electron chi connectivity index (χ2n) is 7.34. The first-order valence-electron chi connectivity index (χ1n) is 10.5. The molecule has 0 heterocycles. The number of hydrogen-bond acceptors (Lipinski definition) is 3. The molecule has 0 unspecified atom stereocenters. The van der Waals surface area contributed by atoms with E-state index in [1.807, 2.05) is 55.5 Å². The van der Waals surface area contributed by atoms with E-state index in [0.717, 1.165) is 21.0 Å². The van der Waals surface area contributed by atoms with Crippen molar-refractivity contribution in [2.24, 2.45) is 0 Å². The summed E-state index contributed by atoms with van der Waals surface area (Å²) in [6.45, 7) is 2.81. The van der Waals surface area contributed by atoms with Crippen LogP contribution in [0.15, 0.2) is 83.3 Å². The van der Waals surface area contributed by atoms with Crippen LogP contribution in [0.1, 0.15) is 23.6 Å². The quantitative estimate of drug-likeness (QED) is 0.182. The molecule has 33 heavy (non-hydrogen) atoms. The van der Waals surface area contributed by atoms with Crippen LogP contribution in [0, 0.1) is 11.3 Å². The number of nitrogens with zero attached hydrogens (tertiary/aromatic N) is 1. The third kappa shape index (κ3) is 5.22. The third-order valence-corrected chi connectivity index (χ3v) is 6.10. The van der Waals surface area contributed by atoms with Crippen molar-refractivity contribution in [2.75, 3.05) is 6.61 Å². The van der Waals surface area contributed by atoms with Crippen LogP contribution in [-0.4, -0.2) is 6.61 Å². The van der Waals surface area contributed by atoms with Crippen molar-refractivity contribution in [1.29, 1.82) is 5.26 Å². The summed E-state index contributed by atoms with van der Waals surface area (Å²) < 4.78 is 12.9. The van der Waals surface area contributed by atoms with Gasteiger partial charge in [0.2, 0.25) is 0 Å². The highest BCUT2D eigenvalue weighted by Crippen LogP contribution is 2.39. The standard InChI is InChI=1S/C28H21BrClNO2/c1-2-32-27-16-19(14-22(17-31)24-12-5-6-13-26(24)30)15-25(29)28(27)33-18-21-10-7-9-20-8-3-4-11-23(20)21/h3-16H,2,18H2,1H3. The predicted molar refractivity (Wildman–Crippen MR) is 139 cm³/mol. The minimum atomic E-state index is 0.401. The zero-order valence-electron chi connectivity index (χ0n) is 18.0. The zero-order chi connectivity index (χ0) is 23.2. The molecule has 164 valence electrons. The number of benzene rings is 4. The molecule has 4 rings (SSSR count). The van der Waals surface area contributed by atoms with Crippen LogP contribution in [0.3, 0.4) is 0 Å². The fourth-order valence-corrected chi connectivity index (χ4v) is 4.47. The molecule has 0 bridgehead atoms. The number of hydrogen-bond donors (Lipinski definition) is 0. The van der Waals surface area contributed by atoms with Crippen LogP contribution in [0.4, 0.5) is 0 Å². The van der Waals surface area contributed by atoms with Crippen LogP contribution in [0.25, 0.3) is 22.4 Å². The highest BCUT2D eigenvalue weighted by Gasteiger charge is 2.14. The molecule has 0 radical (unpaired) electrons. The molecule has 3 nitrogen and oxygen atoms in total. The van der Waals surface area contributed by atoms with E-state index >= 15 is 0 Å². The Morgan fingerprint density at radius 1 is 1.00 bits per heavy atom. The Morgan fingerprint density at radius 2 is 1.76 bits per heavy atom. The average molecular weight is 519 g/mol. The fourth-order valence-electron chi connectivity index (χ4n) is 3.66. The summed E-state index contributed by atoms with van der Waals surface area (Å²) in [5.74, 6) is 1.23. The molecule has 0 saturated carbocycles. The van der Waals surface area contributed by atoms with Gasteiger partial charge in [-0.2, -0.15) is 5.26 Å². The van der Waals surface area contributed by atoms with Gasteiger partial charge < -0.3 is 9.47 Å². The van der Waals surface area contributed by atoms with Gasteiger partial charge in [-0.3, -0.25) is 0 Å².